The average molecular weight is 223 g/mol. The molecule has 0 radical (unpaired) electrons. The number of benzene rings is 1. The Kier molecular flexibility index (Phi) is 3.50. The van der Waals surface area contributed by atoms with E-state index in [2.05, 4.69) is 0 Å². The number of aromatic hydroxyl groups is 1. The summed E-state index contributed by atoms with van der Waals surface area (Å²) in [5.41, 5.74) is 0.935. The predicted octanol–water partition coefficient (Wildman–Crippen LogP) is 0.857. The van der Waals surface area contributed by atoms with E-state index in [-0.39, 0.29) is 17.9 Å². The fourth-order valence-electron chi connectivity index (χ4n) is 1.24. The van der Waals surface area contributed by atoms with Crippen LogP contribution in [0.4, 0.5) is 0 Å². The second-order valence-corrected chi connectivity index (χ2v) is 3.56. The molecule has 2 N–H and O–H groups in total. The molecule has 86 valence electrons. The molecule has 0 unspecified atom stereocenters. The van der Waals surface area contributed by atoms with Gasteiger partial charge in [0, 0.05) is 12.6 Å². The van der Waals surface area contributed by atoms with Gasteiger partial charge in [-0.3, -0.25) is 9.59 Å². The third kappa shape index (κ3) is 2.73. The standard InChI is InChI=1S/C11H13NO4/c1-7-3-4-8(5-9(7)13)11(16)12(2)6-10(14)15/h3-5,13H,6H2,1-2H3,(H,14,15). The molecule has 0 aliphatic heterocycles. The van der Waals surface area contributed by atoms with E-state index in [9.17, 15) is 14.7 Å². The molecule has 1 aromatic rings. The number of nitrogens with zero attached hydrogens (tertiary/aromatic N) is 1. The van der Waals surface area contributed by atoms with E-state index in [0.29, 0.717) is 5.56 Å². The maximum Gasteiger partial charge on any atom is 0.323 e. The van der Waals surface area contributed by atoms with Crippen LogP contribution in [0, 0.1) is 6.92 Å². The van der Waals surface area contributed by atoms with Gasteiger partial charge >= 0.3 is 5.97 Å². The van der Waals surface area contributed by atoms with Crippen molar-refractivity contribution in [2.45, 2.75) is 6.92 Å². The minimum atomic E-state index is -1.08. The molecule has 5 heteroatoms. The minimum absolute atomic E-state index is 0.0228. The van der Waals surface area contributed by atoms with Crippen molar-refractivity contribution in [3.63, 3.8) is 0 Å². The molecule has 0 spiro atoms. The van der Waals surface area contributed by atoms with Crippen LogP contribution in [0.1, 0.15) is 15.9 Å². The van der Waals surface area contributed by atoms with Crippen molar-refractivity contribution in [2.24, 2.45) is 0 Å². The first-order valence-corrected chi connectivity index (χ1v) is 4.68. The lowest BCUT2D eigenvalue weighted by Gasteiger charge is -2.14. The molecule has 1 amide bonds. The van der Waals surface area contributed by atoms with E-state index in [1.54, 1.807) is 19.1 Å². The Morgan fingerprint density at radius 1 is 1.38 bits per heavy atom. The summed E-state index contributed by atoms with van der Waals surface area (Å²) in [7, 11) is 1.40. The fraction of sp³-hybridized carbons (Fsp3) is 0.273. The monoisotopic (exact) mass is 223 g/mol. The number of carbonyl (C=O) groups excluding carboxylic acids is 1. The lowest BCUT2D eigenvalue weighted by atomic mass is 10.1. The number of hydrogen-bond donors (Lipinski definition) is 2. The van der Waals surface area contributed by atoms with E-state index in [1.165, 1.54) is 13.1 Å². The summed E-state index contributed by atoms with van der Waals surface area (Å²) in [6, 6.07) is 4.49. The van der Waals surface area contributed by atoms with Crippen LogP contribution < -0.4 is 0 Å². The predicted molar refractivity (Wildman–Crippen MR) is 57.4 cm³/mol. The molecule has 16 heavy (non-hydrogen) atoms. The minimum Gasteiger partial charge on any atom is -0.508 e. The second kappa shape index (κ2) is 4.65. The van der Waals surface area contributed by atoms with Crippen LogP contribution in [0.3, 0.4) is 0 Å². The van der Waals surface area contributed by atoms with Gasteiger partial charge in [-0.25, -0.2) is 0 Å². The summed E-state index contributed by atoms with van der Waals surface area (Å²) in [5.74, 6) is -1.49. The van der Waals surface area contributed by atoms with Gasteiger partial charge in [-0.2, -0.15) is 0 Å². The van der Waals surface area contributed by atoms with Crippen molar-refractivity contribution >= 4 is 11.9 Å². The largest absolute Gasteiger partial charge is 0.508 e. The molecule has 1 aromatic carbocycles. The van der Waals surface area contributed by atoms with Gasteiger partial charge in [-0.1, -0.05) is 6.07 Å². The van der Waals surface area contributed by atoms with E-state index in [1.807, 2.05) is 0 Å². The van der Waals surface area contributed by atoms with Crippen molar-refractivity contribution in [1.82, 2.24) is 4.90 Å². The van der Waals surface area contributed by atoms with Gasteiger partial charge in [0.1, 0.15) is 12.3 Å². The number of carboxylic acid groups (broad SMARTS) is 1. The maximum atomic E-state index is 11.7. The van der Waals surface area contributed by atoms with Gasteiger partial charge in [0.2, 0.25) is 0 Å². The van der Waals surface area contributed by atoms with Crippen LogP contribution in [0.15, 0.2) is 18.2 Å². The Labute approximate surface area is 92.9 Å². The summed E-state index contributed by atoms with van der Waals surface area (Å²) >= 11 is 0. The molecule has 1 rings (SSSR count). The topological polar surface area (TPSA) is 77.8 Å². The number of phenolic OH excluding ortho intramolecular Hbond substituents is 1. The zero-order chi connectivity index (χ0) is 12.3. The number of likely N-dealkylation sites (N-methyl/N-ethyl adjacent to an activating group) is 1. The van der Waals surface area contributed by atoms with Crippen LogP contribution in [0.25, 0.3) is 0 Å². The summed E-state index contributed by atoms with van der Waals surface area (Å²) < 4.78 is 0. The van der Waals surface area contributed by atoms with Gasteiger partial charge in [0.15, 0.2) is 0 Å². The van der Waals surface area contributed by atoms with Crippen molar-refractivity contribution in [3.05, 3.63) is 29.3 Å². The maximum absolute atomic E-state index is 11.7. The number of carbonyl (C=O) groups is 2. The summed E-state index contributed by atoms with van der Waals surface area (Å²) in [4.78, 5) is 23.2. The zero-order valence-electron chi connectivity index (χ0n) is 9.10. The SMILES string of the molecule is Cc1ccc(C(=O)N(C)CC(=O)O)cc1O. The highest BCUT2D eigenvalue weighted by molar-refractivity contribution is 5.96. The van der Waals surface area contributed by atoms with Crippen molar-refractivity contribution in [1.29, 1.82) is 0 Å². The van der Waals surface area contributed by atoms with Crippen molar-refractivity contribution in [2.75, 3.05) is 13.6 Å². The molecular formula is C11H13NO4. The highest BCUT2D eigenvalue weighted by Gasteiger charge is 2.14. The van der Waals surface area contributed by atoms with E-state index in [0.717, 1.165) is 4.90 Å². The Morgan fingerprint density at radius 3 is 2.50 bits per heavy atom. The molecule has 0 saturated carbocycles. The van der Waals surface area contributed by atoms with Crippen molar-refractivity contribution < 1.29 is 19.8 Å². The number of hydrogen-bond acceptors (Lipinski definition) is 3. The Hall–Kier alpha value is -2.04. The fourth-order valence-corrected chi connectivity index (χ4v) is 1.24. The lowest BCUT2D eigenvalue weighted by molar-refractivity contribution is -0.137. The molecule has 0 heterocycles. The van der Waals surface area contributed by atoms with Crippen LogP contribution in [0.5, 0.6) is 5.75 Å². The number of amides is 1. The third-order valence-electron chi connectivity index (χ3n) is 2.18. The molecule has 0 aliphatic carbocycles. The van der Waals surface area contributed by atoms with Crippen LogP contribution in [-0.4, -0.2) is 40.6 Å². The van der Waals surface area contributed by atoms with Gasteiger partial charge in [0.25, 0.3) is 5.91 Å². The summed E-state index contributed by atoms with van der Waals surface area (Å²) in [6.07, 6.45) is 0. The van der Waals surface area contributed by atoms with Gasteiger partial charge in [0.05, 0.1) is 0 Å². The van der Waals surface area contributed by atoms with Crippen LogP contribution in [-0.2, 0) is 4.79 Å². The van der Waals surface area contributed by atoms with Gasteiger partial charge in [-0.15, -0.1) is 0 Å². The Balaban J connectivity index is 2.88. The molecule has 0 aromatic heterocycles. The Bertz CT molecular complexity index is 428. The number of rotatable bonds is 3. The van der Waals surface area contributed by atoms with E-state index >= 15 is 0 Å². The van der Waals surface area contributed by atoms with Crippen molar-refractivity contribution in [3.8, 4) is 5.75 Å². The Morgan fingerprint density at radius 2 is 2.00 bits per heavy atom. The van der Waals surface area contributed by atoms with Crippen LogP contribution in [0.2, 0.25) is 0 Å². The zero-order valence-corrected chi connectivity index (χ0v) is 9.10. The molecule has 0 bridgehead atoms. The molecule has 0 aliphatic rings. The molecule has 5 nitrogen and oxygen atoms in total. The first-order chi connectivity index (χ1) is 7.41. The number of phenols is 1. The third-order valence-corrected chi connectivity index (χ3v) is 2.18. The van der Waals surface area contributed by atoms with Crippen LogP contribution >= 0.6 is 0 Å². The quantitative estimate of drug-likeness (QED) is 0.796. The summed E-state index contributed by atoms with van der Waals surface area (Å²) in [5, 5.41) is 18.0. The lowest BCUT2D eigenvalue weighted by Crippen LogP contribution is -2.31. The number of aliphatic carboxylic acids is 1. The highest BCUT2D eigenvalue weighted by Crippen LogP contribution is 2.18. The first-order valence-electron chi connectivity index (χ1n) is 4.68. The second-order valence-electron chi connectivity index (χ2n) is 3.56. The molecule has 0 saturated heterocycles. The molecule has 0 fully saturated rings. The first kappa shape index (κ1) is 12.0. The molecule has 0 atom stereocenters. The van der Waals surface area contributed by atoms with E-state index < -0.39 is 11.9 Å². The van der Waals surface area contributed by atoms with Gasteiger partial charge in [-0.05, 0) is 24.6 Å². The normalized spacial score (nSPS) is 9.88. The smallest absolute Gasteiger partial charge is 0.323 e. The number of aryl methyl sites for hydroxylation is 1. The number of carboxylic acids is 1. The van der Waals surface area contributed by atoms with Gasteiger partial charge < -0.3 is 15.1 Å². The summed E-state index contributed by atoms with van der Waals surface area (Å²) in [6.45, 7) is 1.35. The highest BCUT2D eigenvalue weighted by atomic mass is 16.4. The molecular weight excluding hydrogens is 210 g/mol. The van der Waals surface area contributed by atoms with E-state index in [4.69, 9.17) is 5.11 Å². The average Bonchev–Trinajstić information content (AvgIpc) is 2.20.